The van der Waals surface area contributed by atoms with Crippen molar-refractivity contribution in [1.82, 2.24) is 20.4 Å². The molecule has 2 aromatic rings. The van der Waals surface area contributed by atoms with Crippen molar-refractivity contribution >= 4 is 24.0 Å². The van der Waals surface area contributed by atoms with Gasteiger partial charge in [0.15, 0.2) is 0 Å². The summed E-state index contributed by atoms with van der Waals surface area (Å²) in [5, 5.41) is 8.47. The lowest BCUT2D eigenvalue weighted by atomic mass is 10.1. The number of benzene rings is 1. The summed E-state index contributed by atoms with van der Waals surface area (Å²) in [6, 6.07) is 8.81. The van der Waals surface area contributed by atoms with E-state index in [2.05, 4.69) is 20.4 Å². The molecule has 0 amide bonds. The number of nitrogens with one attached hydrogen (secondary N) is 1. The summed E-state index contributed by atoms with van der Waals surface area (Å²) in [4.78, 5) is 6.93. The smallest absolute Gasteiger partial charge is 0.241 e. The zero-order valence-corrected chi connectivity index (χ0v) is 14.3. The van der Waals surface area contributed by atoms with Gasteiger partial charge in [0.1, 0.15) is 0 Å². The van der Waals surface area contributed by atoms with Gasteiger partial charge in [-0.15, -0.1) is 12.4 Å². The number of nitrogens with zero attached hydrogens (tertiary/aromatic N) is 3. The van der Waals surface area contributed by atoms with Crippen LogP contribution in [0.5, 0.6) is 0 Å². The van der Waals surface area contributed by atoms with E-state index < -0.39 is 0 Å². The molecule has 0 aliphatic carbocycles. The molecule has 124 valence electrons. The second-order valence-corrected chi connectivity index (χ2v) is 6.62. The zero-order valence-electron chi connectivity index (χ0n) is 12.7. The summed E-state index contributed by atoms with van der Waals surface area (Å²) in [6.45, 7) is 2.88. The Labute approximate surface area is 146 Å². The fraction of sp³-hybridized carbons (Fsp3) is 0.500. The molecule has 0 radical (unpaired) electrons. The molecule has 1 aromatic carbocycles. The first-order valence-corrected chi connectivity index (χ1v) is 8.21. The van der Waals surface area contributed by atoms with Crippen molar-refractivity contribution in [2.24, 2.45) is 0 Å². The standard InChI is InChI=1S/C16H19ClN4O.ClH/c17-12-3-1-11(2-4-12)16-19-15(22-20-16)10-21-8-7-13-5-6-14(9-21)18-13;/h1-4,13-14,18H,5-10H2;1H. The van der Waals surface area contributed by atoms with Crippen LogP contribution in [0.1, 0.15) is 25.2 Å². The summed E-state index contributed by atoms with van der Waals surface area (Å²) in [5.74, 6) is 1.31. The van der Waals surface area contributed by atoms with E-state index in [9.17, 15) is 0 Å². The maximum absolute atomic E-state index is 5.90. The minimum atomic E-state index is 0. The van der Waals surface area contributed by atoms with Gasteiger partial charge in [-0.25, -0.2) is 0 Å². The third-order valence-corrected chi connectivity index (χ3v) is 4.79. The Morgan fingerprint density at radius 1 is 1.17 bits per heavy atom. The molecule has 2 atom stereocenters. The van der Waals surface area contributed by atoms with Gasteiger partial charge >= 0.3 is 0 Å². The predicted octanol–water partition coefficient (Wildman–Crippen LogP) is 3.14. The molecule has 3 heterocycles. The Morgan fingerprint density at radius 3 is 2.78 bits per heavy atom. The van der Waals surface area contributed by atoms with E-state index in [1.165, 1.54) is 19.3 Å². The Kier molecular flexibility index (Phi) is 5.21. The van der Waals surface area contributed by atoms with Crippen LogP contribution in [-0.2, 0) is 6.54 Å². The van der Waals surface area contributed by atoms with Crippen LogP contribution in [0.15, 0.2) is 28.8 Å². The lowest BCUT2D eigenvalue weighted by molar-refractivity contribution is 0.216. The van der Waals surface area contributed by atoms with E-state index in [-0.39, 0.29) is 12.4 Å². The highest BCUT2D eigenvalue weighted by Gasteiger charge is 2.29. The molecule has 7 heteroatoms. The fourth-order valence-corrected chi connectivity index (χ4v) is 3.51. The summed E-state index contributed by atoms with van der Waals surface area (Å²) in [5.41, 5.74) is 0.927. The maximum atomic E-state index is 5.90. The highest BCUT2D eigenvalue weighted by molar-refractivity contribution is 6.30. The number of aromatic nitrogens is 2. The van der Waals surface area contributed by atoms with Gasteiger partial charge < -0.3 is 9.84 Å². The molecular weight excluding hydrogens is 335 g/mol. The van der Waals surface area contributed by atoms with Crippen molar-refractivity contribution in [3.63, 3.8) is 0 Å². The second kappa shape index (κ2) is 7.18. The van der Waals surface area contributed by atoms with Crippen molar-refractivity contribution in [1.29, 1.82) is 0 Å². The molecule has 0 saturated carbocycles. The minimum Gasteiger partial charge on any atom is -0.338 e. The Hall–Kier alpha value is -1.14. The van der Waals surface area contributed by atoms with Gasteiger partial charge in [-0.05, 0) is 43.5 Å². The SMILES string of the molecule is Cl.Clc1ccc(-c2noc(CN3CCC4CCC(C3)N4)n2)cc1. The molecule has 0 spiro atoms. The van der Waals surface area contributed by atoms with E-state index in [4.69, 9.17) is 16.1 Å². The minimum absolute atomic E-state index is 0. The predicted molar refractivity (Wildman–Crippen MR) is 91.8 cm³/mol. The molecule has 1 aromatic heterocycles. The molecule has 2 bridgehead atoms. The average molecular weight is 355 g/mol. The number of halogens is 2. The van der Waals surface area contributed by atoms with Gasteiger partial charge in [-0.2, -0.15) is 4.98 Å². The Balaban J connectivity index is 0.00000156. The second-order valence-electron chi connectivity index (χ2n) is 6.18. The van der Waals surface area contributed by atoms with Crippen LogP contribution in [0.4, 0.5) is 0 Å². The summed E-state index contributed by atoms with van der Waals surface area (Å²) < 4.78 is 5.42. The highest BCUT2D eigenvalue weighted by atomic mass is 35.5. The molecule has 2 aliphatic rings. The van der Waals surface area contributed by atoms with Gasteiger partial charge in [0.05, 0.1) is 6.54 Å². The normalized spacial score (nSPS) is 24.2. The lowest BCUT2D eigenvalue weighted by Crippen LogP contribution is -2.35. The number of rotatable bonds is 3. The van der Waals surface area contributed by atoms with E-state index in [1.807, 2.05) is 24.3 Å². The highest BCUT2D eigenvalue weighted by Crippen LogP contribution is 2.22. The molecule has 23 heavy (non-hydrogen) atoms. The van der Waals surface area contributed by atoms with Crippen molar-refractivity contribution in [2.45, 2.75) is 37.9 Å². The Bertz CT molecular complexity index is 646. The van der Waals surface area contributed by atoms with Gasteiger partial charge in [0.2, 0.25) is 11.7 Å². The summed E-state index contributed by atoms with van der Waals surface area (Å²) >= 11 is 5.90. The van der Waals surface area contributed by atoms with Crippen LogP contribution in [0, 0.1) is 0 Å². The average Bonchev–Trinajstić information content (AvgIpc) is 3.09. The van der Waals surface area contributed by atoms with Gasteiger partial charge in [-0.3, -0.25) is 4.90 Å². The fourth-order valence-electron chi connectivity index (χ4n) is 3.39. The third-order valence-electron chi connectivity index (χ3n) is 4.54. The summed E-state index contributed by atoms with van der Waals surface area (Å²) in [7, 11) is 0. The van der Waals surface area contributed by atoms with Crippen LogP contribution in [-0.4, -0.2) is 40.2 Å². The topological polar surface area (TPSA) is 54.2 Å². The largest absolute Gasteiger partial charge is 0.338 e. The number of fused-ring (bicyclic) bond motifs is 2. The van der Waals surface area contributed by atoms with Gasteiger partial charge in [0, 0.05) is 35.8 Å². The van der Waals surface area contributed by atoms with Crippen LogP contribution in [0.2, 0.25) is 5.02 Å². The van der Waals surface area contributed by atoms with Crippen molar-refractivity contribution in [3.05, 3.63) is 35.2 Å². The van der Waals surface area contributed by atoms with Gasteiger partial charge in [0.25, 0.3) is 0 Å². The molecule has 2 fully saturated rings. The first-order chi connectivity index (χ1) is 10.8. The van der Waals surface area contributed by atoms with Crippen LogP contribution in [0.3, 0.4) is 0 Å². The molecule has 4 rings (SSSR count). The first-order valence-electron chi connectivity index (χ1n) is 7.83. The van der Waals surface area contributed by atoms with Crippen molar-refractivity contribution in [3.8, 4) is 11.4 Å². The van der Waals surface area contributed by atoms with E-state index >= 15 is 0 Å². The molecule has 2 aliphatic heterocycles. The van der Waals surface area contributed by atoms with Crippen molar-refractivity contribution < 1.29 is 4.52 Å². The quantitative estimate of drug-likeness (QED) is 0.917. The molecule has 1 N–H and O–H groups in total. The van der Waals surface area contributed by atoms with E-state index in [1.54, 1.807) is 0 Å². The maximum Gasteiger partial charge on any atom is 0.241 e. The number of hydrogen-bond donors (Lipinski definition) is 1. The van der Waals surface area contributed by atoms with Crippen molar-refractivity contribution in [2.75, 3.05) is 13.1 Å². The Morgan fingerprint density at radius 2 is 1.96 bits per heavy atom. The molecule has 2 saturated heterocycles. The molecular formula is C16H20Cl2N4O. The van der Waals surface area contributed by atoms with E-state index in [0.717, 1.165) is 25.2 Å². The monoisotopic (exact) mass is 354 g/mol. The molecule has 5 nitrogen and oxygen atoms in total. The third kappa shape index (κ3) is 3.86. The van der Waals surface area contributed by atoms with Gasteiger partial charge in [-0.1, -0.05) is 16.8 Å². The summed E-state index contributed by atoms with van der Waals surface area (Å²) in [6.07, 6.45) is 3.80. The van der Waals surface area contributed by atoms with Crippen LogP contribution >= 0.6 is 24.0 Å². The number of hydrogen-bond acceptors (Lipinski definition) is 5. The first kappa shape index (κ1) is 16.7. The lowest BCUT2D eigenvalue weighted by Gasteiger charge is -2.21. The van der Waals surface area contributed by atoms with Crippen LogP contribution in [0.25, 0.3) is 11.4 Å². The zero-order chi connectivity index (χ0) is 14.9. The van der Waals surface area contributed by atoms with E-state index in [0.29, 0.717) is 28.8 Å². The van der Waals surface area contributed by atoms with Crippen LogP contribution < -0.4 is 5.32 Å². The molecule has 2 unspecified atom stereocenters. The number of likely N-dealkylation sites (tertiary alicyclic amines) is 1.